The van der Waals surface area contributed by atoms with E-state index < -0.39 is 0 Å². The molecule has 0 aliphatic heterocycles. The second-order valence-electron chi connectivity index (χ2n) is 7.42. The van der Waals surface area contributed by atoms with Crippen LogP contribution >= 0.6 is 11.6 Å². The Hall–Kier alpha value is -3.25. The summed E-state index contributed by atoms with van der Waals surface area (Å²) in [5.41, 5.74) is 14.0. The van der Waals surface area contributed by atoms with Gasteiger partial charge in [0.05, 0.1) is 17.8 Å². The SMILES string of the molecule is CONc1ccc(CNCc2ccc(N)cc2)c2ccccc12.Cc1ccc(O)c(Cl)c1. The van der Waals surface area contributed by atoms with Gasteiger partial charge in [-0.3, -0.25) is 10.3 Å². The Morgan fingerprint density at radius 2 is 1.62 bits per heavy atom. The number of hydrogen-bond donors (Lipinski definition) is 4. The average molecular weight is 450 g/mol. The summed E-state index contributed by atoms with van der Waals surface area (Å²) in [7, 11) is 1.62. The molecule has 0 bridgehead atoms. The zero-order chi connectivity index (χ0) is 22.9. The first-order valence-electron chi connectivity index (χ1n) is 10.3. The fourth-order valence-electron chi connectivity index (χ4n) is 3.30. The highest BCUT2D eigenvalue weighted by Crippen LogP contribution is 2.27. The third-order valence-corrected chi connectivity index (χ3v) is 5.26. The van der Waals surface area contributed by atoms with E-state index in [0.717, 1.165) is 35.4 Å². The summed E-state index contributed by atoms with van der Waals surface area (Å²) in [6.07, 6.45) is 0. The van der Waals surface area contributed by atoms with Crippen molar-refractivity contribution in [1.82, 2.24) is 5.32 Å². The molecule has 5 nitrogen and oxygen atoms in total. The van der Waals surface area contributed by atoms with Gasteiger partial charge in [-0.1, -0.05) is 60.1 Å². The first kappa shape index (κ1) is 23.4. The molecular weight excluding hydrogens is 422 g/mol. The van der Waals surface area contributed by atoms with Crippen LogP contribution in [0, 0.1) is 6.92 Å². The molecule has 4 rings (SSSR count). The van der Waals surface area contributed by atoms with Crippen LogP contribution in [0.15, 0.2) is 78.9 Å². The molecule has 0 aliphatic rings. The fourth-order valence-corrected chi connectivity index (χ4v) is 3.54. The van der Waals surface area contributed by atoms with Crippen LogP contribution in [-0.4, -0.2) is 12.2 Å². The number of benzene rings is 4. The largest absolute Gasteiger partial charge is 0.506 e. The minimum absolute atomic E-state index is 0.141. The number of nitrogens with one attached hydrogen (secondary N) is 2. The topological polar surface area (TPSA) is 79.5 Å². The van der Waals surface area contributed by atoms with E-state index in [1.807, 2.05) is 43.3 Å². The molecule has 0 aromatic heterocycles. The van der Waals surface area contributed by atoms with E-state index in [9.17, 15) is 0 Å². The van der Waals surface area contributed by atoms with E-state index in [-0.39, 0.29) is 5.75 Å². The Bertz CT molecular complexity index is 1160. The summed E-state index contributed by atoms with van der Waals surface area (Å²) < 4.78 is 0. The van der Waals surface area contributed by atoms with Crippen molar-refractivity contribution in [2.24, 2.45) is 0 Å². The van der Waals surface area contributed by atoms with Gasteiger partial charge in [-0.05, 0) is 59.3 Å². The molecule has 0 spiro atoms. The smallest absolute Gasteiger partial charge is 0.134 e. The number of hydrogen-bond acceptors (Lipinski definition) is 5. The molecule has 32 heavy (non-hydrogen) atoms. The highest BCUT2D eigenvalue weighted by molar-refractivity contribution is 6.32. The van der Waals surface area contributed by atoms with Gasteiger partial charge in [0.1, 0.15) is 5.75 Å². The van der Waals surface area contributed by atoms with Crippen molar-refractivity contribution in [2.75, 3.05) is 18.3 Å². The summed E-state index contributed by atoms with van der Waals surface area (Å²) in [6, 6.07) is 25.6. The molecule has 5 N–H and O–H groups in total. The first-order valence-corrected chi connectivity index (χ1v) is 10.7. The molecule has 0 saturated carbocycles. The molecular formula is C26H28ClN3O2. The standard InChI is InChI=1S/C19H21N3O.C7H7ClO/c1-23-22-19-11-8-15(17-4-2-3-5-18(17)19)13-21-12-14-6-9-16(20)10-7-14;1-5-2-3-7(9)6(8)4-5/h2-11,21-22H,12-13,20H2,1H3;2-4,9H,1H3. The van der Waals surface area contributed by atoms with Crippen LogP contribution in [0.3, 0.4) is 0 Å². The van der Waals surface area contributed by atoms with Crippen molar-refractivity contribution in [3.8, 4) is 5.75 Å². The lowest BCUT2D eigenvalue weighted by Gasteiger charge is -2.12. The van der Waals surface area contributed by atoms with Crippen LogP contribution < -0.4 is 16.5 Å². The Balaban J connectivity index is 0.000000269. The van der Waals surface area contributed by atoms with E-state index >= 15 is 0 Å². The second kappa shape index (κ2) is 11.4. The predicted octanol–water partition coefficient (Wildman–Crippen LogP) is 6.04. The summed E-state index contributed by atoms with van der Waals surface area (Å²) >= 11 is 5.56. The molecule has 6 heteroatoms. The lowest BCUT2D eigenvalue weighted by Crippen LogP contribution is -2.13. The third kappa shape index (κ3) is 6.37. The van der Waals surface area contributed by atoms with Crippen LogP contribution in [0.2, 0.25) is 5.02 Å². The lowest BCUT2D eigenvalue weighted by atomic mass is 10.0. The molecule has 4 aromatic rings. The number of halogens is 1. The molecule has 0 saturated heterocycles. The first-order chi connectivity index (χ1) is 15.5. The molecule has 0 aliphatic carbocycles. The number of aromatic hydroxyl groups is 1. The van der Waals surface area contributed by atoms with Crippen LogP contribution in [0.4, 0.5) is 11.4 Å². The van der Waals surface area contributed by atoms with Gasteiger partial charge in [0.25, 0.3) is 0 Å². The van der Waals surface area contributed by atoms with Crippen LogP contribution in [0.5, 0.6) is 5.75 Å². The highest BCUT2D eigenvalue weighted by atomic mass is 35.5. The van der Waals surface area contributed by atoms with Crippen molar-refractivity contribution in [1.29, 1.82) is 0 Å². The molecule has 4 aromatic carbocycles. The fraction of sp³-hybridized carbons (Fsp3) is 0.154. The number of phenolic OH excluding ortho intramolecular Hbond substituents is 1. The highest BCUT2D eigenvalue weighted by Gasteiger charge is 2.05. The summed E-state index contributed by atoms with van der Waals surface area (Å²) in [4.78, 5) is 5.05. The number of rotatable bonds is 6. The predicted molar refractivity (Wildman–Crippen MR) is 134 cm³/mol. The number of anilines is 2. The zero-order valence-corrected chi connectivity index (χ0v) is 19.0. The van der Waals surface area contributed by atoms with Gasteiger partial charge in [0.15, 0.2) is 0 Å². The maximum atomic E-state index is 8.91. The maximum absolute atomic E-state index is 8.91. The number of nitrogen functional groups attached to an aromatic ring is 1. The van der Waals surface area contributed by atoms with Gasteiger partial charge in [0.2, 0.25) is 0 Å². The van der Waals surface area contributed by atoms with Gasteiger partial charge in [-0.2, -0.15) is 0 Å². The van der Waals surface area contributed by atoms with Crippen LogP contribution in [0.1, 0.15) is 16.7 Å². The summed E-state index contributed by atoms with van der Waals surface area (Å²) in [6.45, 7) is 3.54. The van der Waals surface area contributed by atoms with Crippen LogP contribution in [0.25, 0.3) is 10.8 Å². The number of fused-ring (bicyclic) bond motifs is 1. The van der Waals surface area contributed by atoms with Crippen molar-refractivity contribution in [3.63, 3.8) is 0 Å². The van der Waals surface area contributed by atoms with Crippen molar-refractivity contribution in [2.45, 2.75) is 20.0 Å². The van der Waals surface area contributed by atoms with E-state index in [1.165, 1.54) is 16.5 Å². The quantitative estimate of drug-likeness (QED) is 0.213. The van der Waals surface area contributed by atoms with E-state index in [1.54, 1.807) is 25.3 Å². The minimum Gasteiger partial charge on any atom is -0.506 e. The van der Waals surface area contributed by atoms with E-state index in [4.69, 9.17) is 27.3 Å². The van der Waals surface area contributed by atoms with Gasteiger partial charge >= 0.3 is 0 Å². The molecule has 0 unspecified atom stereocenters. The Kier molecular flexibility index (Phi) is 8.34. The van der Waals surface area contributed by atoms with Gasteiger partial charge in [-0.25, -0.2) is 0 Å². The van der Waals surface area contributed by atoms with Crippen molar-refractivity contribution >= 4 is 33.7 Å². The zero-order valence-electron chi connectivity index (χ0n) is 18.2. The molecule has 0 amide bonds. The average Bonchev–Trinajstić information content (AvgIpc) is 2.80. The Morgan fingerprint density at radius 1 is 0.906 bits per heavy atom. The van der Waals surface area contributed by atoms with Crippen molar-refractivity contribution in [3.05, 3.63) is 101 Å². The normalized spacial score (nSPS) is 10.5. The van der Waals surface area contributed by atoms with Gasteiger partial charge in [0, 0.05) is 24.2 Å². The maximum Gasteiger partial charge on any atom is 0.134 e. The molecule has 166 valence electrons. The molecule has 0 fully saturated rings. The Labute approximate surface area is 193 Å². The van der Waals surface area contributed by atoms with Crippen LogP contribution in [-0.2, 0) is 17.9 Å². The van der Waals surface area contributed by atoms with E-state index in [0.29, 0.717) is 5.02 Å². The van der Waals surface area contributed by atoms with Gasteiger partial charge in [-0.15, -0.1) is 0 Å². The summed E-state index contributed by atoms with van der Waals surface area (Å²) in [5.74, 6) is 0.141. The molecule has 0 atom stereocenters. The second-order valence-corrected chi connectivity index (χ2v) is 7.83. The van der Waals surface area contributed by atoms with E-state index in [2.05, 4.69) is 35.1 Å². The number of aryl methyl sites for hydroxylation is 1. The minimum atomic E-state index is 0.141. The summed E-state index contributed by atoms with van der Waals surface area (Å²) in [5, 5.41) is 15.2. The monoisotopic (exact) mass is 449 g/mol. The number of phenols is 1. The molecule has 0 heterocycles. The molecule has 0 radical (unpaired) electrons. The Morgan fingerprint density at radius 3 is 2.28 bits per heavy atom. The number of nitrogens with two attached hydrogens (primary N) is 1. The third-order valence-electron chi connectivity index (χ3n) is 4.95. The lowest BCUT2D eigenvalue weighted by molar-refractivity contribution is 0.271. The van der Waals surface area contributed by atoms with Crippen molar-refractivity contribution < 1.29 is 9.94 Å². The van der Waals surface area contributed by atoms with Gasteiger partial charge < -0.3 is 16.2 Å².